The first-order valence-electron chi connectivity index (χ1n) is 9.98. The maximum absolute atomic E-state index is 13.2. The van der Waals surface area contributed by atoms with Crippen molar-refractivity contribution in [2.75, 3.05) is 20.2 Å². The Kier molecular flexibility index (Phi) is 5.65. The molecule has 0 bridgehead atoms. The molecule has 4 rings (SSSR count). The molecule has 0 spiro atoms. The molecule has 1 aliphatic rings. The lowest BCUT2D eigenvalue weighted by atomic mass is 10.1. The topological polar surface area (TPSA) is 82.4 Å². The van der Waals surface area contributed by atoms with E-state index in [4.69, 9.17) is 9.47 Å². The molecule has 0 N–H and O–H groups in total. The zero-order chi connectivity index (χ0) is 21.1. The standard InChI is InChI=1S/C22H25N5O3/c1-15-9-10-21(24-23-15)30-18-8-5-11-27(14-18)22(28)20-13-19(25-26(20)2)16-6-4-7-17(12-16)29-3/h4,6-7,9-10,12-13,18H,5,8,11,14H2,1-3H3. The number of likely N-dealkylation sites (tertiary alicyclic amines) is 1. The molecule has 3 aromatic rings. The lowest BCUT2D eigenvalue weighted by Crippen LogP contribution is -2.45. The van der Waals surface area contributed by atoms with Gasteiger partial charge in [0.1, 0.15) is 17.5 Å². The van der Waals surface area contributed by atoms with Crippen molar-refractivity contribution in [3.05, 3.63) is 53.9 Å². The monoisotopic (exact) mass is 407 g/mol. The summed E-state index contributed by atoms with van der Waals surface area (Å²) in [5.74, 6) is 1.18. The Morgan fingerprint density at radius 2 is 2.03 bits per heavy atom. The van der Waals surface area contributed by atoms with Crippen LogP contribution in [0.5, 0.6) is 11.6 Å². The van der Waals surface area contributed by atoms with Crippen LogP contribution in [0.25, 0.3) is 11.3 Å². The molecule has 1 amide bonds. The van der Waals surface area contributed by atoms with Crippen molar-refractivity contribution in [2.24, 2.45) is 7.05 Å². The van der Waals surface area contributed by atoms with Crippen LogP contribution >= 0.6 is 0 Å². The molecule has 3 heterocycles. The van der Waals surface area contributed by atoms with Crippen molar-refractivity contribution < 1.29 is 14.3 Å². The van der Waals surface area contributed by atoms with Crippen LogP contribution in [0.4, 0.5) is 0 Å². The van der Waals surface area contributed by atoms with Crippen LogP contribution in [-0.4, -0.2) is 57.1 Å². The van der Waals surface area contributed by atoms with Gasteiger partial charge in [-0.05, 0) is 44.0 Å². The lowest BCUT2D eigenvalue weighted by Gasteiger charge is -2.32. The van der Waals surface area contributed by atoms with Crippen molar-refractivity contribution in [3.63, 3.8) is 0 Å². The number of carbonyl (C=O) groups is 1. The predicted molar refractivity (Wildman–Crippen MR) is 112 cm³/mol. The number of amides is 1. The van der Waals surface area contributed by atoms with Crippen LogP contribution in [0.3, 0.4) is 0 Å². The fourth-order valence-corrected chi connectivity index (χ4v) is 3.59. The van der Waals surface area contributed by atoms with Crippen molar-refractivity contribution in [1.29, 1.82) is 0 Å². The number of ether oxygens (including phenoxy) is 2. The van der Waals surface area contributed by atoms with Gasteiger partial charge in [-0.2, -0.15) is 10.2 Å². The van der Waals surface area contributed by atoms with Crippen molar-refractivity contribution in [1.82, 2.24) is 24.9 Å². The summed E-state index contributed by atoms with van der Waals surface area (Å²) in [6, 6.07) is 13.1. The summed E-state index contributed by atoms with van der Waals surface area (Å²) >= 11 is 0. The second-order valence-corrected chi connectivity index (χ2v) is 7.42. The number of rotatable bonds is 5. The summed E-state index contributed by atoms with van der Waals surface area (Å²) in [6.07, 6.45) is 1.64. The van der Waals surface area contributed by atoms with Crippen molar-refractivity contribution >= 4 is 5.91 Å². The Bertz CT molecular complexity index is 1030. The van der Waals surface area contributed by atoms with Gasteiger partial charge in [-0.3, -0.25) is 9.48 Å². The zero-order valence-electron chi connectivity index (χ0n) is 17.4. The van der Waals surface area contributed by atoms with Gasteiger partial charge in [0.15, 0.2) is 0 Å². The number of aryl methyl sites for hydroxylation is 2. The summed E-state index contributed by atoms with van der Waals surface area (Å²) in [5, 5.41) is 12.6. The first kappa shape index (κ1) is 19.9. The summed E-state index contributed by atoms with van der Waals surface area (Å²) in [7, 11) is 3.42. The molecule has 1 fully saturated rings. The summed E-state index contributed by atoms with van der Waals surface area (Å²) in [5.41, 5.74) is 3.02. The third kappa shape index (κ3) is 4.27. The zero-order valence-corrected chi connectivity index (χ0v) is 17.4. The van der Waals surface area contributed by atoms with E-state index in [9.17, 15) is 4.79 Å². The van der Waals surface area contributed by atoms with Crippen LogP contribution in [-0.2, 0) is 7.05 Å². The highest BCUT2D eigenvalue weighted by atomic mass is 16.5. The average molecular weight is 407 g/mol. The first-order valence-corrected chi connectivity index (χ1v) is 9.98. The van der Waals surface area contributed by atoms with Gasteiger partial charge in [-0.15, -0.1) is 5.10 Å². The number of carbonyl (C=O) groups excluding carboxylic acids is 1. The van der Waals surface area contributed by atoms with Crippen molar-refractivity contribution in [3.8, 4) is 22.9 Å². The molecule has 0 saturated carbocycles. The Balaban J connectivity index is 1.48. The second-order valence-electron chi connectivity index (χ2n) is 7.42. The third-order valence-electron chi connectivity index (χ3n) is 5.19. The Morgan fingerprint density at radius 1 is 1.17 bits per heavy atom. The molecule has 8 heteroatoms. The molecule has 8 nitrogen and oxygen atoms in total. The van der Waals surface area contributed by atoms with Crippen LogP contribution < -0.4 is 9.47 Å². The van der Waals surface area contributed by atoms with Crippen molar-refractivity contribution in [2.45, 2.75) is 25.9 Å². The summed E-state index contributed by atoms with van der Waals surface area (Å²) in [6.45, 7) is 3.08. The molecular formula is C22H25N5O3. The van der Waals surface area contributed by atoms with E-state index in [1.807, 2.05) is 54.3 Å². The van der Waals surface area contributed by atoms with Gasteiger partial charge in [-0.1, -0.05) is 12.1 Å². The molecule has 1 aliphatic heterocycles. The van der Waals surface area contributed by atoms with Crippen LogP contribution in [0.15, 0.2) is 42.5 Å². The predicted octanol–water partition coefficient (Wildman–Crippen LogP) is 2.88. The van der Waals surface area contributed by atoms with E-state index in [2.05, 4.69) is 15.3 Å². The summed E-state index contributed by atoms with van der Waals surface area (Å²) in [4.78, 5) is 15.0. The van der Waals surface area contributed by atoms with Gasteiger partial charge in [0.2, 0.25) is 5.88 Å². The number of hydrogen-bond donors (Lipinski definition) is 0. The molecule has 1 unspecified atom stereocenters. The largest absolute Gasteiger partial charge is 0.497 e. The smallest absolute Gasteiger partial charge is 0.272 e. The van der Waals surface area contributed by atoms with Gasteiger partial charge in [-0.25, -0.2) is 0 Å². The summed E-state index contributed by atoms with van der Waals surface area (Å²) < 4.78 is 12.9. The Morgan fingerprint density at radius 3 is 2.80 bits per heavy atom. The van der Waals surface area contributed by atoms with Crippen LogP contribution in [0, 0.1) is 6.92 Å². The van der Waals surface area contributed by atoms with E-state index in [0.717, 1.165) is 35.5 Å². The van der Waals surface area contributed by atoms with Crippen LogP contribution in [0.1, 0.15) is 29.0 Å². The van der Waals surface area contributed by atoms with E-state index in [1.165, 1.54) is 0 Å². The number of piperidine rings is 1. The van der Waals surface area contributed by atoms with Gasteiger partial charge >= 0.3 is 0 Å². The van der Waals surface area contributed by atoms with Gasteiger partial charge in [0, 0.05) is 25.2 Å². The molecule has 30 heavy (non-hydrogen) atoms. The van der Waals surface area contributed by atoms with Gasteiger partial charge in [0.25, 0.3) is 5.91 Å². The highest BCUT2D eigenvalue weighted by molar-refractivity contribution is 5.93. The number of aromatic nitrogens is 4. The highest BCUT2D eigenvalue weighted by Crippen LogP contribution is 2.25. The number of methoxy groups -OCH3 is 1. The molecule has 2 aromatic heterocycles. The first-order chi connectivity index (χ1) is 14.5. The Labute approximate surface area is 175 Å². The van der Waals surface area contributed by atoms with E-state index < -0.39 is 0 Å². The second kappa shape index (κ2) is 8.52. The minimum atomic E-state index is -0.106. The maximum Gasteiger partial charge on any atom is 0.272 e. The third-order valence-corrected chi connectivity index (χ3v) is 5.19. The van der Waals surface area contributed by atoms with E-state index in [-0.39, 0.29) is 12.0 Å². The lowest BCUT2D eigenvalue weighted by molar-refractivity contribution is 0.0516. The number of nitrogens with zero attached hydrogens (tertiary/aromatic N) is 5. The number of hydrogen-bond acceptors (Lipinski definition) is 6. The maximum atomic E-state index is 13.2. The molecular weight excluding hydrogens is 382 g/mol. The normalized spacial score (nSPS) is 16.4. The van der Waals surface area contributed by atoms with Gasteiger partial charge < -0.3 is 14.4 Å². The molecule has 1 aromatic carbocycles. The fourth-order valence-electron chi connectivity index (χ4n) is 3.59. The van der Waals surface area contributed by atoms with E-state index in [0.29, 0.717) is 24.7 Å². The molecule has 0 radical (unpaired) electrons. The quantitative estimate of drug-likeness (QED) is 0.647. The molecule has 156 valence electrons. The Hall–Kier alpha value is -3.42. The molecule has 1 atom stereocenters. The van der Waals surface area contributed by atoms with Gasteiger partial charge in [0.05, 0.1) is 25.0 Å². The highest BCUT2D eigenvalue weighted by Gasteiger charge is 2.28. The minimum Gasteiger partial charge on any atom is -0.497 e. The molecule has 1 saturated heterocycles. The average Bonchev–Trinajstić information content (AvgIpc) is 3.17. The minimum absolute atomic E-state index is 0.0533. The van der Waals surface area contributed by atoms with E-state index in [1.54, 1.807) is 18.8 Å². The SMILES string of the molecule is COc1cccc(-c2cc(C(=O)N3CCCC(Oc4ccc(C)nn4)C3)n(C)n2)c1. The number of benzene rings is 1. The van der Waals surface area contributed by atoms with E-state index >= 15 is 0 Å². The molecule has 0 aliphatic carbocycles. The van der Waals surface area contributed by atoms with Crippen LogP contribution in [0.2, 0.25) is 0 Å². The fraction of sp³-hybridized carbons (Fsp3) is 0.364.